The van der Waals surface area contributed by atoms with Gasteiger partial charge in [-0.05, 0) is 31.0 Å². The maximum atomic E-state index is 12.9. The first-order valence-electron chi connectivity index (χ1n) is 7.39. The predicted octanol–water partition coefficient (Wildman–Crippen LogP) is 2.15. The number of methoxy groups -OCH3 is 1. The van der Waals surface area contributed by atoms with Crippen LogP contribution >= 0.6 is 11.6 Å². The lowest BCUT2D eigenvalue weighted by Crippen LogP contribution is -2.21. The minimum Gasteiger partial charge on any atom is -0.495 e. The van der Waals surface area contributed by atoms with E-state index in [0.29, 0.717) is 5.95 Å². The van der Waals surface area contributed by atoms with E-state index in [9.17, 15) is 8.42 Å². The maximum Gasteiger partial charge on any atom is 0.227 e. The molecule has 2 heterocycles. The Hall–Kier alpha value is -2.06. The molecule has 1 saturated heterocycles. The molecule has 128 valence electrons. The van der Waals surface area contributed by atoms with Gasteiger partial charge in [-0.3, -0.25) is 0 Å². The van der Waals surface area contributed by atoms with Crippen molar-refractivity contribution in [2.45, 2.75) is 22.6 Å². The van der Waals surface area contributed by atoms with E-state index >= 15 is 0 Å². The van der Waals surface area contributed by atoms with Gasteiger partial charge in [0.1, 0.15) is 21.4 Å². The predicted molar refractivity (Wildman–Crippen MR) is 91.3 cm³/mol. The number of nitrogens with two attached hydrogens (primary N) is 1. The van der Waals surface area contributed by atoms with E-state index in [1.54, 1.807) is 6.07 Å². The Morgan fingerprint density at radius 1 is 1.25 bits per heavy atom. The number of nitrogens with zero attached hydrogens (tertiary/aromatic N) is 3. The van der Waals surface area contributed by atoms with Crippen LogP contribution in [0.3, 0.4) is 0 Å². The quantitative estimate of drug-likeness (QED) is 0.882. The fourth-order valence-electron chi connectivity index (χ4n) is 2.63. The lowest BCUT2D eigenvalue weighted by molar-refractivity contribution is 0.402. The normalized spacial score (nSPS) is 14.8. The summed E-state index contributed by atoms with van der Waals surface area (Å²) in [6.07, 6.45) is 3.36. The molecule has 0 atom stereocenters. The molecule has 9 heteroatoms. The zero-order valence-corrected chi connectivity index (χ0v) is 14.6. The number of sulfone groups is 1. The van der Waals surface area contributed by atoms with Gasteiger partial charge in [-0.15, -0.1) is 0 Å². The molecule has 1 aliphatic rings. The van der Waals surface area contributed by atoms with Crippen molar-refractivity contribution in [2.75, 3.05) is 30.8 Å². The third-order valence-corrected chi connectivity index (χ3v) is 5.89. The van der Waals surface area contributed by atoms with Crippen LogP contribution in [0.4, 0.5) is 11.8 Å². The molecule has 3 rings (SSSR count). The zero-order chi connectivity index (χ0) is 17.3. The van der Waals surface area contributed by atoms with Crippen molar-refractivity contribution in [2.24, 2.45) is 0 Å². The summed E-state index contributed by atoms with van der Waals surface area (Å²) < 4.78 is 30.9. The molecule has 1 aromatic heterocycles. The van der Waals surface area contributed by atoms with Gasteiger partial charge in [0.05, 0.1) is 13.3 Å². The van der Waals surface area contributed by atoms with Gasteiger partial charge in [0.15, 0.2) is 0 Å². The Bertz CT molecular complexity index is 867. The van der Waals surface area contributed by atoms with Crippen LogP contribution in [0.2, 0.25) is 5.02 Å². The van der Waals surface area contributed by atoms with Crippen LogP contribution in [0.5, 0.6) is 5.75 Å². The van der Waals surface area contributed by atoms with Crippen molar-refractivity contribution in [3.63, 3.8) is 0 Å². The van der Waals surface area contributed by atoms with Crippen molar-refractivity contribution in [3.8, 4) is 5.75 Å². The van der Waals surface area contributed by atoms with Gasteiger partial charge in [-0.2, -0.15) is 4.98 Å². The van der Waals surface area contributed by atoms with Gasteiger partial charge < -0.3 is 15.4 Å². The second-order valence-electron chi connectivity index (χ2n) is 5.41. The van der Waals surface area contributed by atoms with Crippen LogP contribution in [0, 0.1) is 0 Å². The number of benzene rings is 1. The van der Waals surface area contributed by atoms with Crippen LogP contribution < -0.4 is 15.4 Å². The lowest BCUT2D eigenvalue weighted by atomic mass is 10.3. The number of hydrogen-bond donors (Lipinski definition) is 1. The first-order valence-corrected chi connectivity index (χ1v) is 9.25. The fourth-order valence-corrected chi connectivity index (χ4v) is 4.31. The molecule has 7 nitrogen and oxygen atoms in total. The van der Waals surface area contributed by atoms with E-state index in [-0.39, 0.29) is 26.4 Å². The molecule has 0 aliphatic carbocycles. The van der Waals surface area contributed by atoms with E-state index in [0.717, 1.165) is 25.9 Å². The molecule has 0 spiro atoms. The molecule has 1 fully saturated rings. The molecular weight excluding hydrogens is 352 g/mol. The van der Waals surface area contributed by atoms with Gasteiger partial charge in [-0.1, -0.05) is 11.6 Å². The Labute approximate surface area is 145 Å². The maximum absolute atomic E-state index is 12.9. The van der Waals surface area contributed by atoms with Crippen molar-refractivity contribution >= 4 is 33.2 Å². The summed E-state index contributed by atoms with van der Waals surface area (Å²) in [5.74, 6) is 0.540. The first-order chi connectivity index (χ1) is 11.4. The van der Waals surface area contributed by atoms with Crippen molar-refractivity contribution in [1.29, 1.82) is 0 Å². The number of aromatic nitrogens is 2. The minimum absolute atomic E-state index is 0.0678. The highest BCUT2D eigenvalue weighted by molar-refractivity contribution is 7.91. The van der Waals surface area contributed by atoms with E-state index in [4.69, 9.17) is 22.1 Å². The van der Waals surface area contributed by atoms with Gasteiger partial charge in [-0.25, -0.2) is 13.4 Å². The number of rotatable bonds is 4. The summed E-state index contributed by atoms with van der Waals surface area (Å²) in [7, 11) is -2.57. The number of ether oxygens (including phenoxy) is 1. The first kappa shape index (κ1) is 16.8. The SMILES string of the molecule is COc1ccc(Cl)cc1S(=O)(=O)c1cnc(N2CCCC2)nc1N. The van der Waals surface area contributed by atoms with Crippen molar-refractivity contribution in [1.82, 2.24) is 9.97 Å². The summed E-state index contributed by atoms with van der Waals surface area (Å²) in [5, 5.41) is 0.280. The molecule has 0 radical (unpaired) electrons. The largest absolute Gasteiger partial charge is 0.495 e. The molecular formula is C15H17ClN4O3S. The van der Waals surface area contributed by atoms with Crippen LogP contribution in [0.1, 0.15) is 12.8 Å². The van der Waals surface area contributed by atoms with Gasteiger partial charge in [0.2, 0.25) is 15.8 Å². The minimum atomic E-state index is -3.95. The summed E-state index contributed by atoms with van der Waals surface area (Å²) in [4.78, 5) is 10.1. The van der Waals surface area contributed by atoms with Gasteiger partial charge in [0, 0.05) is 18.1 Å². The molecule has 0 amide bonds. The fraction of sp³-hybridized carbons (Fsp3) is 0.333. The summed E-state index contributed by atoms with van der Waals surface area (Å²) in [6.45, 7) is 1.68. The molecule has 2 N–H and O–H groups in total. The van der Waals surface area contributed by atoms with Crippen LogP contribution in [0.25, 0.3) is 0 Å². The van der Waals surface area contributed by atoms with E-state index < -0.39 is 9.84 Å². The Morgan fingerprint density at radius 3 is 2.58 bits per heavy atom. The van der Waals surface area contributed by atoms with Gasteiger partial charge >= 0.3 is 0 Å². The smallest absolute Gasteiger partial charge is 0.227 e. The summed E-state index contributed by atoms with van der Waals surface area (Å²) >= 11 is 5.93. The molecule has 1 aliphatic heterocycles. The molecule has 24 heavy (non-hydrogen) atoms. The lowest BCUT2D eigenvalue weighted by Gasteiger charge is -2.16. The molecule has 2 aromatic rings. The highest BCUT2D eigenvalue weighted by atomic mass is 35.5. The molecule has 0 saturated carbocycles. The summed E-state index contributed by atoms with van der Waals surface area (Å²) in [6, 6.07) is 4.37. The van der Waals surface area contributed by atoms with Crippen molar-refractivity contribution in [3.05, 3.63) is 29.4 Å². The second kappa shape index (κ2) is 6.45. The van der Waals surface area contributed by atoms with Crippen molar-refractivity contribution < 1.29 is 13.2 Å². The highest BCUT2D eigenvalue weighted by Gasteiger charge is 2.27. The van der Waals surface area contributed by atoms with Crippen LogP contribution in [-0.2, 0) is 9.84 Å². The van der Waals surface area contributed by atoms with E-state index in [2.05, 4.69) is 9.97 Å². The average Bonchev–Trinajstić information content (AvgIpc) is 3.09. The zero-order valence-electron chi connectivity index (χ0n) is 13.1. The second-order valence-corrected chi connectivity index (χ2v) is 7.74. The monoisotopic (exact) mass is 368 g/mol. The number of hydrogen-bond acceptors (Lipinski definition) is 7. The highest BCUT2D eigenvalue weighted by Crippen LogP contribution is 2.33. The number of nitrogen functional groups attached to an aromatic ring is 1. The molecule has 0 unspecified atom stereocenters. The molecule has 1 aromatic carbocycles. The van der Waals surface area contributed by atoms with Crippen LogP contribution in [0.15, 0.2) is 34.2 Å². The van der Waals surface area contributed by atoms with E-state index in [1.807, 2.05) is 4.90 Å². The third kappa shape index (κ3) is 2.99. The van der Waals surface area contributed by atoms with E-state index in [1.165, 1.54) is 25.4 Å². The number of anilines is 2. The van der Waals surface area contributed by atoms with Gasteiger partial charge in [0.25, 0.3) is 0 Å². The number of halogens is 1. The topological polar surface area (TPSA) is 98.4 Å². The molecule has 0 bridgehead atoms. The third-order valence-electron chi connectivity index (χ3n) is 3.86. The standard InChI is InChI=1S/C15H17ClN4O3S/c1-23-11-5-4-10(16)8-12(11)24(21,22)13-9-18-15(19-14(13)17)20-6-2-3-7-20/h4-5,8-9H,2-3,6-7H2,1H3,(H2,17,18,19). The average molecular weight is 369 g/mol. The summed E-state index contributed by atoms with van der Waals surface area (Å²) in [5.41, 5.74) is 5.91. The Kier molecular flexibility index (Phi) is 4.51. The Balaban J connectivity index is 2.06. The van der Waals surface area contributed by atoms with Crippen LogP contribution in [-0.4, -0.2) is 38.6 Å². The Morgan fingerprint density at radius 2 is 1.96 bits per heavy atom.